The van der Waals surface area contributed by atoms with Crippen LogP contribution in [0.4, 0.5) is 0 Å². The lowest BCUT2D eigenvalue weighted by atomic mass is 10.2. The molecule has 0 fully saturated rings. The standard InChI is InChI=1S/C21H17NO3/c22-20(24-15-16-7-3-1-4-8-16)17-11-13-19(14-12-17)25-21(23)18-9-5-2-6-10-18/h1-14,22H,15H2. The summed E-state index contributed by atoms with van der Waals surface area (Å²) in [6.07, 6.45) is 0. The van der Waals surface area contributed by atoms with E-state index in [0.29, 0.717) is 23.5 Å². The summed E-state index contributed by atoms with van der Waals surface area (Å²) in [4.78, 5) is 12.0. The van der Waals surface area contributed by atoms with E-state index < -0.39 is 5.97 Å². The Morgan fingerprint density at radius 2 is 1.36 bits per heavy atom. The summed E-state index contributed by atoms with van der Waals surface area (Å²) in [5, 5.41) is 8.00. The molecule has 0 amide bonds. The smallest absolute Gasteiger partial charge is 0.343 e. The summed E-state index contributed by atoms with van der Waals surface area (Å²) >= 11 is 0. The molecule has 4 nitrogen and oxygen atoms in total. The van der Waals surface area contributed by atoms with Crippen LogP contribution in [-0.4, -0.2) is 11.9 Å². The van der Waals surface area contributed by atoms with E-state index in [4.69, 9.17) is 14.9 Å². The third-order valence-electron chi connectivity index (χ3n) is 3.56. The largest absolute Gasteiger partial charge is 0.473 e. The Balaban J connectivity index is 1.58. The zero-order valence-corrected chi connectivity index (χ0v) is 13.5. The lowest BCUT2D eigenvalue weighted by Crippen LogP contribution is -2.09. The minimum atomic E-state index is -0.413. The van der Waals surface area contributed by atoms with Crippen molar-refractivity contribution in [1.29, 1.82) is 5.41 Å². The molecule has 3 aromatic carbocycles. The van der Waals surface area contributed by atoms with Crippen LogP contribution in [0.5, 0.6) is 5.75 Å². The van der Waals surface area contributed by atoms with Crippen LogP contribution in [0.3, 0.4) is 0 Å². The maximum absolute atomic E-state index is 12.0. The van der Waals surface area contributed by atoms with Gasteiger partial charge in [-0.2, -0.15) is 0 Å². The topological polar surface area (TPSA) is 59.4 Å². The maximum atomic E-state index is 12.0. The molecular formula is C21H17NO3. The summed E-state index contributed by atoms with van der Waals surface area (Å²) in [5.41, 5.74) is 2.11. The van der Waals surface area contributed by atoms with Crippen molar-refractivity contribution in [3.05, 3.63) is 102 Å². The van der Waals surface area contributed by atoms with Gasteiger partial charge in [-0.25, -0.2) is 4.79 Å². The van der Waals surface area contributed by atoms with Crippen LogP contribution in [0.2, 0.25) is 0 Å². The van der Waals surface area contributed by atoms with Gasteiger partial charge in [0.15, 0.2) is 0 Å². The molecule has 1 N–H and O–H groups in total. The number of esters is 1. The van der Waals surface area contributed by atoms with Gasteiger partial charge in [-0.3, -0.25) is 5.41 Å². The summed E-state index contributed by atoms with van der Waals surface area (Å²) < 4.78 is 10.8. The van der Waals surface area contributed by atoms with Crippen molar-refractivity contribution >= 4 is 11.9 Å². The molecule has 0 spiro atoms. The number of benzene rings is 3. The van der Waals surface area contributed by atoms with Crippen LogP contribution in [0.1, 0.15) is 21.5 Å². The fourth-order valence-electron chi connectivity index (χ4n) is 2.23. The summed E-state index contributed by atoms with van der Waals surface area (Å²) in [5.74, 6) is 0.0852. The lowest BCUT2D eigenvalue weighted by molar-refractivity contribution is 0.0735. The first-order chi connectivity index (χ1) is 12.2. The first kappa shape index (κ1) is 16.5. The molecule has 3 rings (SSSR count). The molecule has 0 aromatic heterocycles. The van der Waals surface area contributed by atoms with Gasteiger partial charge in [0.25, 0.3) is 0 Å². The summed E-state index contributed by atoms with van der Waals surface area (Å²) in [7, 11) is 0. The quantitative estimate of drug-likeness (QED) is 0.325. The van der Waals surface area contributed by atoms with Gasteiger partial charge < -0.3 is 9.47 Å². The van der Waals surface area contributed by atoms with Crippen LogP contribution in [0.25, 0.3) is 0 Å². The number of carbonyl (C=O) groups is 1. The molecule has 0 aliphatic carbocycles. The van der Waals surface area contributed by atoms with Gasteiger partial charge in [-0.1, -0.05) is 48.5 Å². The Labute approximate surface area is 146 Å². The van der Waals surface area contributed by atoms with Gasteiger partial charge >= 0.3 is 5.97 Å². The van der Waals surface area contributed by atoms with E-state index in [1.807, 2.05) is 36.4 Å². The summed E-state index contributed by atoms with van der Waals surface area (Å²) in [6, 6.07) is 25.2. The van der Waals surface area contributed by atoms with E-state index in [9.17, 15) is 4.79 Å². The van der Waals surface area contributed by atoms with E-state index >= 15 is 0 Å². The molecule has 3 aromatic rings. The normalized spacial score (nSPS) is 10.1. The second-order valence-corrected chi connectivity index (χ2v) is 5.38. The first-order valence-electron chi connectivity index (χ1n) is 7.85. The lowest BCUT2D eigenvalue weighted by Gasteiger charge is -2.09. The molecule has 0 saturated carbocycles. The van der Waals surface area contributed by atoms with Gasteiger partial charge in [-0.05, 0) is 42.0 Å². The van der Waals surface area contributed by atoms with Crippen LogP contribution in [-0.2, 0) is 11.3 Å². The fraction of sp³-hybridized carbons (Fsp3) is 0.0476. The van der Waals surface area contributed by atoms with Crippen molar-refractivity contribution in [3.8, 4) is 5.75 Å². The molecule has 0 heterocycles. The highest BCUT2D eigenvalue weighted by Crippen LogP contribution is 2.15. The number of carbonyl (C=O) groups excluding carboxylic acids is 1. The monoisotopic (exact) mass is 331 g/mol. The van der Waals surface area contributed by atoms with Crippen molar-refractivity contribution in [2.75, 3.05) is 0 Å². The van der Waals surface area contributed by atoms with Crippen LogP contribution in [0.15, 0.2) is 84.9 Å². The van der Waals surface area contributed by atoms with E-state index in [-0.39, 0.29) is 5.90 Å². The second-order valence-electron chi connectivity index (χ2n) is 5.38. The van der Waals surface area contributed by atoms with E-state index in [1.54, 1.807) is 48.5 Å². The molecule has 0 atom stereocenters. The van der Waals surface area contributed by atoms with Crippen molar-refractivity contribution < 1.29 is 14.3 Å². The highest BCUT2D eigenvalue weighted by Gasteiger charge is 2.09. The van der Waals surface area contributed by atoms with Gasteiger partial charge in [-0.15, -0.1) is 0 Å². The highest BCUT2D eigenvalue weighted by molar-refractivity contribution is 5.92. The van der Waals surface area contributed by atoms with Gasteiger partial charge in [0.1, 0.15) is 12.4 Å². The van der Waals surface area contributed by atoms with Crippen LogP contribution < -0.4 is 4.74 Å². The van der Waals surface area contributed by atoms with Crippen molar-refractivity contribution in [2.45, 2.75) is 6.61 Å². The Morgan fingerprint density at radius 1 is 0.760 bits per heavy atom. The molecule has 0 aliphatic rings. The van der Waals surface area contributed by atoms with Gasteiger partial charge in [0.2, 0.25) is 5.90 Å². The Morgan fingerprint density at radius 3 is 2.00 bits per heavy atom. The third kappa shape index (κ3) is 4.54. The van der Waals surface area contributed by atoms with Gasteiger partial charge in [0, 0.05) is 5.56 Å². The molecule has 0 aliphatic heterocycles. The third-order valence-corrected chi connectivity index (χ3v) is 3.56. The average molecular weight is 331 g/mol. The van der Waals surface area contributed by atoms with Crippen molar-refractivity contribution in [1.82, 2.24) is 0 Å². The molecule has 0 saturated heterocycles. The number of nitrogens with one attached hydrogen (secondary N) is 1. The molecule has 0 unspecified atom stereocenters. The van der Waals surface area contributed by atoms with E-state index in [1.165, 1.54) is 0 Å². The van der Waals surface area contributed by atoms with E-state index in [2.05, 4.69) is 0 Å². The molecule has 124 valence electrons. The highest BCUT2D eigenvalue weighted by atomic mass is 16.5. The molecule has 4 heteroatoms. The Hall–Kier alpha value is -3.40. The van der Waals surface area contributed by atoms with Crippen molar-refractivity contribution in [2.24, 2.45) is 0 Å². The fourth-order valence-corrected chi connectivity index (χ4v) is 2.23. The van der Waals surface area contributed by atoms with Crippen LogP contribution >= 0.6 is 0 Å². The molecular weight excluding hydrogens is 314 g/mol. The predicted molar refractivity (Wildman–Crippen MR) is 95.9 cm³/mol. The number of ether oxygens (including phenoxy) is 2. The zero-order valence-electron chi connectivity index (χ0n) is 13.5. The summed E-state index contributed by atoms with van der Waals surface area (Å²) in [6.45, 7) is 0.338. The molecule has 25 heavy (non-hydrogen) atoms. The van der Waals surface area contributed by atoms with E-state index in [0.717, 1.165) is 5.56 Å². The Bertz CT molecular complexity index is 843. The Kier molecular flexibility index (Phi) is 5.22. The molecule has 0 radical (unpaired) electrons. The minimum absolute atomic E-state index is 0.0739. The zero-order chi connectivity index (χ0) is 17.5. The first-order valence-corrected chi connectivity index (χ1v) is 7.85. The molecule has 0 bridgehead atoms. The average Bonchev–Trinajstić information content (AvgIpc) is 2.68. The predicted octanol–water partition coefficient (Wildman–Crippen LogP) is 4.45. The second kappa shape index (κ2) is 7.93. The minimum Gasteiger partial charge on any atom is -0.473 e. The number of hydrogen-bond acceptors (Lipinski definition) is 4. The van der Waals surface area contributed by atoms with Crippen LogP contribution in [0, 0.1) is 5.41 Å². The maximum Gasteiger partial charge on any atom is 0.343 e. The van der Waals surface area contributed by atoms with Crippen molar-refractivity contribution in [3.63, 3.8) is 0 Å². The number of hydrogen-bond donors (Lipinski definition) is 1. The number of rotatable bonds is 5. The van der Waals surface area contributed by atoms with Gasteiger partial charge in [0.05, 0.1) is 5.56 Å². The SMILES string of the molecule is N=C(OCc1ccccc1)c1ccc(OC(=O)c2ccccc2)cc1.